The molecule has 1 unspecified atom stereocenters. The molecule has 2 N–H and O–H groups in total. The highest BCUT2D eigenvalue weighted by molar-refractivity contribution is 7.89. The van der Waals surface area contributed by atoms with Gasteiger partial charge in [-0.3, -0.25) is 0 Å². The van der Waals surface area contributed by atoms with Crippen molar-refractivity contribution in [3.8, 4) is 0 Å². The Kier molecular flexibility index (Phi) is 3.09. The molecule has 1 fully saturated rings. The molecule has 0 aromatic carbocycles. The first-order valence-electron chi connectivity index (χ1n) is 4.20. The van der Waals surface area contributed by atoms with Gasteiger partial charge in [0, 0.05) is 6.54 Å². The van der Waals surface area contributed by atoms with Crippen molar-refractivity contribution in [1.82, 2.24) is 4.72 Å². The molecule has 0 saturated heterocycles. The lowest BCUT2D eigenvalue weighted by Crippen LogP contribution is -2.32. The van der Waals surface area contributed by atoms with E-state index in [0.29, 0.717) is 6.54 Å². The number of hydrogen-bond acceptors (Lipinski definition) is 3. The summed E-state index contributed by atoms with van der Waals surface area (Å²) < 4.78 is 24.6. The van der Waals surface area contributed by atoms with Gasteiger partial charge in [0.15, 0.2) is 0 Å². The maximum Gasteiger partial charge on any atom is 0.214 e. The molecule has 1 saturated carbocycles. The Hall–Kier alpha value is -0.130. The van der Waals surface area contributed by atoms with Crippen molar-refractivity contribution >= 4 is 10.0 Å². The SMILES string of the molecule is CCNS(=O)(=O)CC(O)C1CC1. The fraction of sp³-hybridized carbons (Fsp3) is 1.00. The van der Waals surface area contributed by atoms with Crippen molar-refractivity contribution in [3.63, 3.8) is 0 Å². The molecule has 0 spiro atoms. The summed E-state index contributed by atoms with van der Waals surface area (Å²) in [4.78, 5) is 0. The van der Waals surface area contributed by atoms with Gasteiger partial charge in [0.25, 0.3) is 0 Å². The summed E-state index contributed by atoms with van der Waals surface area (Å²) in [6, 6.07) is 0. The monoisotopic (exact) mass is 193 g/mol. The summed E-state index contributed by atoms with van der Waals surface area (Å²) in [5, 5.41) is 9.33. The summed E-state index contributed by atoms with van der Waals surface area (Å²) in [7, 11) is -3.24. The second-order valence-corrected chi connectivity index (χ2v) is 5.04. The minimum Gasteiger partial charge on any atom is -0.392 e. The van der Waals surface area contributed by atoms with Crippen LogP contribution in [0.5, 0.6) is 0 Å². The number of nitrogens with one attached hydrogen (secondary N) is 1. The zero-order chi connectivity index (χ0) is 9.19. The van der Waals surface area contributed by atoms with E-state index in [1.807, 2.05) is 0 Å². The molecule has 5 heteroatoms. The number of rotatable bonds is 5. The van der Waals surface area contributed by atoms with E-state index in [-0.39, 0.29) is 11.7 Å². The molecule has 0 amide bonds. The van der Waals surface area contributed by atoms with Crippen LogP contribution in [0.1, 0.15) is 19.8 Å². The predicted octanol–water partition coefficient (Wildman–Crippen LogP) is -0.303. The lowest BCUT2D eigenvalue weighted by atomic mass is 10.3. The van der Waals surface area contributed by atoms with E-state index >= 15 is 0 Å². The largest absolute Gasteiger partial charge is 0.392 e. The van der Waals surface area contributed by atoms with Gasteiger partial charge in [-0.1, -0.05) is 6.92 Å². The van der Waals surface area contributed by atoms with Crippen LogP contribution in [-0.2, 0) is 10.0 Å². The average molecular weight is 193 g/mol. The van der Waals surface area contributed by atoms with E-state index in [1.54, 1.807) is 6.92 Å². The third-order valence-electron chi connectivity index (χ3n) is 1.92. The van der Waals surface area contributed by atoms with Crippen LogP contribution in [-0.4, -0.2) is 31.9 Å². The molecule has 0 aliphatic heterocycles. The van der Waals surface area contributed by atoms with E-state index in [1.165, 1.54) is 0 Å². The Morgan fingerprint density at radius 3 is 2.58 bits per heavy atom. The summed E-state index contributed by atoms with van der Waals surface area (Å²) in [5.74, 6) is 0.0735. The van der Waals surface area contributed by atoms with E-state index in [4.69, 9.17) is 0 Å². The zero-order valence-electron chi connectivity index (χ0n) is 7.16. The molecule has 0 radical (unpaired) electrons. The van der Waals surface area contributed by atoms with Crippen LogP contribution in [0, 0.1) is 5.92 Å². The van der Waals surface area contributed by atoms with Crippen LogP contribution < -0.4 is 4.72 Å². The van der Waals surface area contributed by atoms with E-state index in [0.717, 1.165) is 12.8 Å². The quantitative estimate of drug-likeness (QED) is 0.630. The van der Waals surface area contributed by atoms with Gasteiger partial charge in [-0.2, -0.15) is 0 Å². The van der Waals surface area contributed by atoms with Crippen LogP contribution in [0.2, 0.25) is 0 Å². The van der Waals surface area contributed by atoms with Gasteiger partial charge in [0.1, 0.15) is 0 Å². The van der Waals surface area contributed by atoms with Crippen LogP contribution >= 0.6 is 0 Å². The Morgan fingerprint density at radius 2 is 2.17 bits per heavy atom. The topological polar surface area (TPSA) is 66.4 Å². The molecule has 72 valence electrons. The highest BCUT2D eigenvalue weighted by Gasteiger charge is 2.32. The fourth-order valence-corrected chi connectivity index (χ4v) is 2.40. The van der Waals surface area contributed by atoms with Crippen molar-refractivity contribution in [1.29, 1.82) is 0 Å². The molecule has 1 rings (SSSR count). The average Bonchev–Trinajstić information content (AvgIpc) is 2.65. The predicted molar refractivity (Wildman–Crippen MR) is 46.2 cm³/mol. The van der Waals surface area contributed by atoms with Gasteiger partial charge >= 0.3 is 0 Å². The van der Waals surface area contributed by atoms with Crippen molar-refractivity contribution in [2.24, 2.45) is 5.92 Å². The maximum absolute atomic E-state index is 11.1. The first kappa shape index (κ1) is 9.95. The van der Waals surface area contributed by atoms with Gasteiger partial charge in [-0.25, -0.2) is 13.1 Å². The van der Waals surface area contributed by atoms with Crippen molar-refractivity contribution in [2.45, 2.75) is 25.9 Å². The molecule has 0 heterocycles. The smallest absolute Gasteiger partial charge is 0.214 e. The fourth-order valence-electron chi connectivity index (χ4n) is 1.12. The third kappa shape index (κ3) is 3.08. The Labute approximate surface area is 73.0 Å². The van der Waals surface area contributed by atoms with Crippen molar-refractivity contribution < 1.29 is 13.5 Å². The molecular weight excluding hydrogens is 178 g/mol. The van der Waals surface area contributed by atoms with Crippen molar-refractivity contribution in [2.75, 3.05) is 12.3 Å². The second-order valence-electron chi connectivity index (χ2n) is 3.18. The Balaban J connectivity index is 2.37. The summed E-state index contributed by atoms with van der Waals surface area (Å²) in [5.41, 5.74) is 0. The Morgan fingerprint density at radius 1 is 1.58 bits per heavy atom. The minimum absolute atomic E-state index is 0.147. The number of aliphatic hydroxyl groups excluding tert-OH is 1. The van der Waals surface area contributed by atoms with Gasteiger partial charge in [0.2, 0.25) is 10.0 Å². The summed E-state index contributed by atoms with van der Waals surface area (Å²) >= 11 is 0. The molecule has 0 aromatic heterocycles. The lowest BCUT2D eigenvalue weighted by Gasteiger charge is -2.09. The van der Waals surface area contributed by atoms with Gasteiger partial charge in [-0.15, -0.1) is 0 Å². The standard InChI is InChI=1S/C7H15NO3S/c1-2-8-12(10,11)5-7(9)6-3-4-6/h6-9H,2-5H2,1H3. The van der Waals surface area contributed by atoms with E-state index < -0.39 is 16.1 Å². The van der Waals surface area contributed by atoms with Gasteiger partial charge < -0.3 is 5.11 Å². The molecule has 12 heavy (non-hydrogen) atoms. The van der Waals surface area contributed by atoms with Gasteiger partial charge in [0.05, 0.1) is 11.9 Å². The highest BCUT2D eigenvalue weighted by atomic mass is 32.2. The van der Waals surface area contributed by atoms with Crippen LogP contribution in [0.25, 0.3) is 0 Å². The molecule has 1 aliphatic rings. The first-order valence-corrected chi connectivity index (χ1v) is 5.86. The van der Waals surface area contributed by atoms with Crippen LogP contribution in [0.4, 0.5) is 0 Å². The van der Waals surface area contributed by atoms with E-state index in [9.17, 15) is 13.5 Å². The summed E-state index contributed by atoms with van der Waals surface area (Å²) in [6.45, 7) is 2.11. The molecule has 4 nitrogen and oxygen atoms in total. The number of aliphatic hydroxyl groups is 1. The lowest BCUT2D eigenvalue weighted by molar-refractivity contribution is 0.173. The van der Waals surface area contributed by atoms with Crippen molar-refractivity contribution in [3.05, 3.63) is 0 Å². The maximum atomic E-state index is 11.1. The zero-order valence-corrected chi connectivity index (χ0v) is 7.97. The minimum atomic E-state index is -3.24. The molecule has 1 atom stereocenters. The van der Waals surface area contributed by atoms with Gasteiger partial charge in [-0.05, 0) is 18.8 Å². The second kappa shape index (κ2) is 3.72. The first-order chi connectivity index (χ1) is 5.55. The molecule has 0 aromatic rings. The van der Waals surface area contributed by atoms with E-state index in [2.05, 4.69) is 4.72 Å². The molecular formula is C7H15NO3S. The Bertz CT molecular complexity index is 233. The molecule has 0 bridgehead atoms. The van der Waals surface area contributed by atoms with Crippen LogP contribution in [0.3, 0.4) is 0 Å². The molecule has 1 aliphatic carbocycles. The number of sulfonamides is 1. The third-order valence-corrected chi connectivity index (χ3v) is 3.43. The number of hydrogen-bond donors (Lipinski definition) is 2. The van der Waals surface area contributed by atoms with Crippen LogP contribution in [0.15, 0.2) is 0 Å². The highest BCUT2D eigenvalue weighted by Crippen LogP contribution is 2.32. The normalized spacial score (nSPS) is 20.8. The summed E-state index contributed by atoms with van der Waals surface area (Å²) in [6.07, 6.45) is 1.25.